The van der Waals surface area contributed by atoms with E-state index >= 15 is 0 Å². The summed E-state index contributed by atoms with van der Waals surface area (Å²) in [5.41, 5.74) is 3.61. The Labute approximate surface area is 253 Å². The van der Waals surface area contributed by atoms with Gasteiger partial charge in [0, 0.05) is 5.56 Å². The van der Waals surface area contributed by atoms with Crippen LogP contribution in [0.1, 0.15) is 56.0 Å². The third kappa shape index (κ3) is 6.45. The van der Waals surface area contributed by atoms with Crippen LogP contribution in [0.5, 0.6) is 11.5 Å². The Morgan fingerprint density at radius 2 is 1.81 bits per heavy atom. The summed E-state index contributed by atoms with van der Waals surface area (Å²) in [6, 6.07) is 23.5. The molecule has 9 heteroatoms. The van der Waals surface area contributed by atoms with Gasteiger partial charge in [-0.2, -0.15) is 5.26 Å². The molecule has 8 nitrogen and oxygen atoms in total. The number of fused-ring (bicyclic) bond motifs is 1. The molecule has 1 aromatic heterocycles. The summed E-state index contributed by atoms with van der Waals surface area (Å²) in [5.74, 6) is 0.753. The minimum absolute atomic E-state index is 0.107. The van der Waals surface area contributed by atoms with Gasteiger partial charge in [0.2, 0.25) is 0 Å². The smallest absolute Gasteiger partial charge is 0.338 e. The van der Waals surface area contributed by atoms with Gasteiger partial charge in [0.15, 0.2) is 4.80 Å². The van der Waals surface area contributed by atoms with Crippen LogP contribution in [0, 0.1) is 11.3 Å². The van der Waals surface area contributed by atoms with Gasteiger partial charge < -0.3 is 14.2 Å². The SMILES string of the molecule is CCOC(=O)C1=C(C)N=c2s/c(=C\c3ccc(OCc4ccc(C#N)cc4)cc3)c(=O)n2[C@@H]1c1ccccc1OC(C)C. The van der Waals surface area contributed by atoms with Crippen molar-refractivity contribution in [3.05, 3.63) is 126 Å². The highest BCUT2D eigenvalue weighted by molar-refractivity contribution is 7.07. The first-order valence-electron chi connectivity index (χ1n) is 14.0. The molecule has 1 aliphatic rings. The Kier molecular flexibility index (Phi) is 8.88. The van der Waals surface area contributed by atoms with Gasteiger partial charge in [-0.05, 0) is 75.2 Å². The predicted molar refractivity (Wildman–Crippen MR) is 165 cm³/mol. The Bertz CT molecular complexity index is 1900. The number of hydrogen-bond donors (Lipinski definition) is 0. The Hall–Kier alpha value is -4.94. The first-order chi connectivity index (χ1) is 20.8. The lowest BCUT2D eigenvalue weighted by atomic mass is 9.95. The molecular weight excluding hydrogens is 562 g/mol. The lowest BCUT2D eigenvalue weighted by Gasteiger charge is -2.26. The lowest BCUT2D eigenvalue weighted by molar-refractivity contribution is -0.139. The molecule has 43 heavy (non-hydrogen) atoms. The summed E-state index contributed by atoms with van der Waals surface area (Å²) < 4.78 is 19.4. The topological polar surface area (TPSA) is 103 Å². The molecule has 0 aliphatic carbocycles. The highest BCUT2D eigenvalue weighted by Crippen LogP contribution is 2.36. The zero-order chi connectivity index (χ0) is 30.5. The van der Waals surface area contributed by atoms with Gasteiger partial charge in [0.1, 0.15) is 24.1 Å². The molecule has 0 unspecified atom stereocenters. The van der Waals surface area contributed by atoms with Crippen molar-refractivity contribution in [2.24, 2.45) is 4.99 Å². The van der Waals surface area contributed by atoms with E-state index in [1.54, 1.807) is 30.5 Å². The highest BCUT2D eigenvalue weighted by atomic mass is 32.1. The Morgan fingerprint density at radius 3 is 2.49 bits per heavy atom. The number of benzene rings is 3. The molecule has 0 amide bonds. The zero-order valence-electron chi connectivity index (χ0n) is 24.4. The first kappa shape index (κ1) is 29.5. The summed E-state index contributed by atoms with van der Waals surface area (Å²) in [7, 11) is 0. The van der Waals surface area contributed by atoms with Crippen LogP contribution in [0.15, 0.2) is 93.9 Å². The maximum atomic E-state index is 14.0. The number of para-hydroxylation sites is 1. The van der Waals surface area contributed by atoms with Gasteiger partial charge in [0.25, 0.3) is 5.56 Å². The van der Waals surface area contributed by atoms with Gasteiger partial charge >= 0.3 is 5.97 Å². The average molecular weight is 594 g/mol. The maximum Gasteiger partial charge on any atom is 0.338 e. The number of hydrogen-bond acceptors (Lipinski definition) is 8. The van der Waals surface area contributed by atoms with Crippen molar-refractivity contribution in [3.8, 4) is 17.6 Å². The van der Waals surface area contributed by atoms with Crippen molar-refractivity contribution in [2.45, 2.75) is 46.4 Å². The first-order valence-corrected chi connectivity index (χ1v) is 14.8. The molecular formula is C34H31N3O5S. The van der Waals surface area contributed by atoms with Crippen LogP contribution in [-0.2, 0) is 16.1 Å². The molecule has 218 valence electrons. The minimum Gasteiger partial charge on any atom is -0.491 e. The molecule has 3 aromatic carbocycles. The number of esters is 1. The number of allylic oxidation sites excluding steroid dienone is 1. The molecule has 0 saturated heterocycles. The number of aromatic nitrogens is 1. The molecule has 0 saturated carbocycles. The highest BCUT2D eigenvalue weighted by Gasteiger charge is 2.35. The second kappa shape index (κ2) is 12.9. The second-order valence-corrected chi connectivity index (χ2v) is 11.2. The van der Waals surface area contributed by atoms with E-state index in [1.807, 2.05) is 80.6 Å². The number of rotatable bonds is 9. The standard InChI is InChI=1S/C34H31N3O5S/c1-5-40-33(39)30-22(4)36-34-37(31(30)27-8-6-7-9-28(27)42-21(2)3)32(38)29(43-34)18-23-14-16-26(17-15-23)41-20-25-12-10-24(19-35)11-13-25/h6-18,21,31H,5,20H2,1-4H3/b29-18-/t31-/m1/s1. The van der Waals surface area contributed by atoms with Crippen molar-refractivity contribution < 1.29 is 19.0 Å². The molecule has 0 spiro atoms. The van der Waals surface area contributed by atoms with Crippen LogP contribution in [-0.4, -0.2) is 23.2 Å². The van der Waals surface area contributed by atoms with Crippen LogP contribution in [0.3, 0.4) is 0 Å². The molecule has 4 aromatic rings. The number of nitrogens with zero attached hydrogens (tertiary/aromatic N) is 3. The monoisotopic (exact) mass is 593 g/mol. The van der Waals surface area contributed by atoms with E-state index in [2.05, 4.69) is 11.1 Å². The summed E-state index contributed by atoms with van der Waals surface area (Å²) in [5, 5.41) is 8.97. The Morgan fingerprint density at radius 1 is 1.09 bits per heavy atom. The average Bonchev–Trinajstić information content (AvgIpc) is 3.30. The molecule has 0 fully saturated rings. The molecule has 0 radical (unpaired) electrons. The second-order valence-electron chi connectivity index (χ2n) is 10.2. The summed E-state index contributed by atoms with van der Waals surface area (Å²) in [6.07, 6.45) is 1.70. The van der Waals surface area contributed by atoms with Crippen molar-refractivity contribution in [2.75, 3.05) is 6.61 Å². The largest absolute Gasteiger partial charge is 0.491 e. The maximum absolute atomic E-state index is 14.0. The van der Waals surface area contributed by atoms with Gasteiger partial charge in [-0.15, -0.1) is 0 Å². The van der Waals surface area contributed by atoms with Crippen LogP contribution in [0.4, 0.5) is 0 Å². The van der Waals surface area contributed by atoms with Gasteiger partial charge in [-0.3, -0.25) is 9.36 Å². The number of carbonyl (C=O) groups is 1. The quantitative estimate of drug-likeness (QED) is 0.252. The van der Waals surface area contributed by atoms with Gasteiger partial charge in [-0.25, -0.2) is 9.79 Å². The number of ether oxygens (including phenoxy) is 3. The molecule has 1 aliphatic heterocycles. The fourth-order valence-corrected chi connectivity index (χ4v) is 5.85. The third-order valence-corrected chi connectivity index (χ3v) is 7.74. The van der Waals surface area contributed by atoms with E-state index in [1.165, 1.54) is 11.3 Å². The molecule has 2 heterocycles. The number of nitriles is 1. The van der Waals surface area contributed by atoms with Gasteiger partial charge in [0.05, 0.1) is 40.1 Å². The lowest BCUT2D eigenvalue weighted by Crippen LogP contribution is -2.40. The zero-order valence-corrected chi connectivity index (χ0v) is 25.2. The van der Waals surface area contributed by atoms with Crippen molar-refractivity contribution >= 4 is 23.4 Å². The summed E-state index contributed by atoms with van der Waals surface area (Å²) in [4.78, 5) is 32.3. The van der Waals surface area contributed by atoms with E-state index in [0.717, 1.165) is 11.1 Å². The fourth-order valence-electron chi connectivity index (χ4n) is 4.81. The van der Waals surface area contributed by atoms with Crippen LogP contribution >= 0.6 is 11.3 Å². The summed E-state index contributed by atoms with van der Waals surface area (Å²) in [6.45, 7) is 7.94. The van der Waals surface area contributed by atoms with E-state index in [9.17, 15) is 9.59 Å². The Balaban J connectivity index is 1.50. The van der Waals surface area contributed by atoms with E-state index < -0.39 is 12.0 Å². The number of thiazole rings is 1. The summed E-state index contributed by atoms with van der Waals surface area (Å²) >= 11 is 1.27. The van der Waals surface area contributed by atoms with Crippen LogP contribution < -0.4 is 24.4 Å². The van der Waals surface area contributed by atoms with Crippen molar-refractivity contribution in [1.82, 2.24) is 4.57 Å². The van der Waals surface area contributed by atoms with E-state index in [0.29, 0.717) is 49.8 Å². The van der Waals surface area contributed by atoms with Crippen molar-refractivity contribution in [1.29, 1.82) is 5.26 Å². The molecule has 0 N–H and O–H groups in total. The predicted octanol–water partition coefficient (Wildman–Crippen LogP) is 5.04. The minimum atomic E-state index is -0.759. The van der Waals surface area contributed by atoms with E-state index in [-0.39, 0.29) is 18.3 Å². The molecule has 0 bridgehead atoms. The number of carbonyl (C=O) groups excluding carboxylic acids is 1. The third-order valence-electron chi connectivity index (χ3n) is 6.76. The van der Waals surface area contributed by atoms with Gasteiger partial charge in [-0.1, -0.05) is 53.8 Å². The van der Waals surface area contributed by atoms with Crippen molar-refractivity contribution in [3.63, 3.8) is 0 Å². The molecule has 1 atom stereocenters. The normalized spacial score (nSPS) is 14.6. The van der Waals surface area contributed by atoms with Crippen LogP contribution in [0.2, 0.25) is 0 Å². The van der Waals surface area contributed by atoms with Crippen LogP contribution in [0.25, 0.3) is 6.08 Å². The molecule has 5 rings (SSSR count). The fraction of sp³-hybridized carbons (Fsp3) is 0.235. The van der Waals surface area contributed by atoms with E-state index in [4.69, 9.17) is 19.5 Å².